The summed E-state index contributed by atoms with van der Waals surface area (Å²) in [4.78, 5) is 24.1. The van der Waals surface area contributed by atoms with Crippen LogP contribution in [0.2, 0.25) is 0 Å². The molecule has 1 aliphatic rings. The maximum absolute atomic E-state index is 13.4. The van der Waals surface area contributed by atoms with E-state index >= 15 is 0 Å². The third-order valence-corrected chi connectivity index (χ3v) is 5.15. The average Bonchev–Trinajstić information content (AvgIpc) is 3.14. The Morgan fingerprint density at radius 2 is 1.93 bits per heavy atom. The van der Waals surface area contributed by atoms with E-state index < -0.39 is 5.91 Å². The molecule has 3 heterocycles. The topological polar surface area (TPSA) is 80.5 Å². The van der Waals surface area contributed by atoms with Crippen molar-refractivity contribution in [1.29, 1.82) is 0 Å². The molecule has 0 atom stereocenters. The summed E-state index contributed by atoms with van der Waals surface area (Å²) >= 11 is 0. The molecule has 4 aromatic rings. The molecule has 0 saturated carbocycles. The van der Waals surface area contributed by atoms with Gasteiger partial charge in [0.25, 0.3) is 5.91 Å². The van der Waals surface area contributed by atoms with Crippen LogP contribution in [0.3, 0.4) is 0 Å². The average molecular weight is 406 g/mol. The van der Waals surface area contributed by atoms with Gasteiger partial charge in [0.2, 0.25) is 5.82 Å². The Labute approximate surface area is 171 Å². The van der Waals surface area contributed by atoms with Crippen molar-refractivity contribution in [2.24, 2.45) is 0 Å². The van der Waals surface area contributed by atoms with Crippen molar-refractivity contribution in [3.05, 3.63) is 59.7 Å². The Kier molecular flexibility index (Phi) is 4.55. The van der Waals surface area contributed by atoms with Crippen LogP contribution in [-0.2, 0) is 4.74 Å². The fraction of sp³-hybridized carbons (Fsp3) is 0.227. The number of nitrogens with one attached hydrogen (secondary N) is 1. The second-order valence-corrected chi connectivity index (χ2v) is 7.16. The SMILES string of the molecule is Cc1cc(F)ccc1NC(=O)c1nc(N2CCOCC2)c2oc3ccccc3c2n1. The van der Waals surface area contributed by atoms with Crippen molar-refractivity contribution < 1.29 is 18.3 Å². The lowest BCUT2D eigenvalue weighted by atomic mass is 10.2. The number of rotatable bonds is 3. The van der Waals surface area contributed by atoms with E-state index in [-0.39, 0.29) is 11.6 Å². The number of halogens is 1. The lowest BCUT2D eigenvalue weighted by Gasteiger charge is -2.27. The highest BCUT2D eigenvalue weighted by atomic mass is 19.1. The molecular weight excluding hydrogens is 387 g/mol. The third-order valence-electron chi connectivity index (χ3n) is 5.15. The summed E-state index contributed by atoms with van der Waals surface area (Å²) in [5.41, 5.74) is 2.94. The summed E-state index contributed by atoms with van der Waals surface area (Å²) in [6.45, 7) is 4.15. The number of aryl methyl sites for hydroxylation is 1. The number of nitrogens with zero attached hydrogens (tertiary/aromatic N) is 3. The minimum atomic E-state index is -0.466. The predicted octanol–water partition coefficient (Wildman–Crippen LogP) is 3.91. The Balaban J connectivity index is 1.62. The van der Waals surface area contributed by atoms with Crippen LogP contribution in [0.5, 0.6) is 0 Å². The normalized spacial score (nSPS) is 14.4. The highest BCUT2D eigenvalue weighted by Crippen LogP contribution is 2.33. The highest BCUT2D eigenvalue weighted by molar-refractivity contribution is 6.09. The molecular formula is C22H19FN4O3. The maximum atomic E-state index is 13.4. The number of morpholine rings is 1. The zero-order valence-electron chi connectivity index (χ0n) is 16.3. The number of furan rings is 1. The van der Waals surface area contributed by atoms with Gasteiger partial charge in [-0.1, -0.05) is 12.1 Å². The first-order valence-electron chi connectivity index (χ1n) is 9.69. The Morgan fingerprint density at radius 1 is 1.13 bits per heavy atom. The van der Waals surface area contributed by atoms with Gasteiger partial charge in [-0.3, -0.25) is 4.79 Å². The van der Waals surface area contributed by atoms with E-state index in [4.69, 9.17) is 9.15 Å². The molecule has 0 bridgehead atoms. The molecule has 152 valence electrons. The van der Waals surface area contributed by atoms with E-state index in [0.29, 0.717) is 60.1 Å². The van der Waals surface area contributed by atoms with Gasteiger partial charge < -0.3 is 19.4 Å². The molecule has 0 unspecified atom stereocenters. The van der Waals surface area contributed by atoms with Crippen LogP contribution in [0.4, 0.5) is 15.9 Å². The molecule has 30 heavy (non-hydrogen) atoms. The van der Waals surface area contributed by atoms with Gasteiger partial charge in [0.15, 0.2) is 11.4 Å². The minimum absolute atomic E-state index is 0.0271. The summed E-state index contributed by atoms with van der Waals surface area (Å²) in [6, 6.07) is 11.7. The van der Waals surface area contributed by atoms with Gasteiger partial charge in [-0.2, -0.15) is 0 Å². The van der Waals surface area contributed by atoms with Crippen LogP contribution in [0.1, 0.15) is 16.2 Å². The molecule has 0 spiro atoms. The second-order valence-electron chi connectivity index (χ2n) is 7.16. The molecule has 2 aromatic heterocycles. The van der Waals surface area contributed by atoms with Crippen LogP contribution >= 0.6 is 0 Å². The van der Waals surface area contributed by atoms with Crippen molar-refractivity contribution in [3.8, 4) is 0 Å². The predicted molar refractivity (Wildman–Crippen MR) is 111 cm³/mol. The number of fused-ring (bicyclic) bond motifs is 3. The molecule has 0 radical (unpaired) electrons. The number of para-hydroxylation sites is 1. The van der Waals surface area contributed by atoms with Crippen LogP contribution in [-0.4, -0.2) is 42.2 Å². The molecule has 2 aromatic carbocycles. The van der Waals surface area contributed by atoms with Crippen molar-refractivity contribution in [2.45, 2.75) is 6.92 Å². The number of hydrogen-bond donors (Lipinski definition) is 1. The summed E-state index contributed by atoms with van der Waals surface area (Å²) in [5, 5.41) is 3.60. The van der Waals surface area contributed by atoms with E-state index in [1.165, 1.54) is 18.2 Å². The van der Waals surface area contributed by atoms with Gasteiger partial charge in [-0.15, -0.1) is 0 Å². The number of amides is 1. The molecule has 1 amide bonds. The number of carbonyl (C=O) groups excluding carboxylic acids is 1. The zero-order valence-corrected chi connectivity index (χ0v) is 16.3. The maximum Gasteiger partial charge on any atom is 0.293 e. The quantitative estimate of drug-likeness (QED) is 0.556. The number of carbonyl (C=O) groups is 1. The number of hydrogen-bond acceptors (Lipinski definition) is 6. The molecule has 0 aliphatic carbocycles. The summed E-state index contributed by atoms with van der Waals surface area (Å²) in [5.74, 6) is -0.228. The fourth-order valence-electron chi connectivity index (χ4n) is 3.61. The van der Waals surface area contributed by atoms with Gasteiger partial charge in [0, 0.05) is 24.2 Å². The summed E-state index contributed by atoms with van der Waals surface area (Å²) < 4.78 is 24.9. The van der Waals surface area contributed by atoms with Crippen molar-refractivity contribution in [3.63, 3.8) is 0 Å². The molecule has 7 nitrogen and oxygen atoms in total. The number of anilines is 2. The lowest BCUT2D eigenvalue weighted by Crippen LogP contribution is -2.37. The Bertz CT molecular complexity index is 1260. The van der Waals surface area contributed by atoms with E-state index in [2.05, 4.69) is 15.3 Å². The zero-order chi connectivity index (χ0) is 20.7. The standard InChI is InChI=1S/C22H19FN4O3/c1-13-12-14(23)6-7-16(13)24-22(28)20-25-18-15-4-2-3-5-17(15)30-19(18)21(26-20)27-8-10-29-11-9-27/h2-7,12H,8-11H2,1H3,(H,24,28). The van der Waals surface area contributed by atoms with E-state index in [1.807, 2.05) is 29.2 Å². The second kappa shape index (κ2) is 7.38. The highest BCUT2D eigenvalue weighted by Gasteiger charge is 2.24. The van der Waals surface area contributed by atoms with Crippen LogP contribution < -0.4 is 10.2 Å². The van der Waals surface area contributed by atoms with Gasteiger partial charge in [-0.25, -0.2) is 14.4 Å². The molecule has 1 fully saturated rings. The minimum Gasteiger partial charge on any atom is -0.450 e. The largest absolute Gasteiger partial charge is 0.450 e. The van der Waals surface area contributed by atoms with Crippen molar-refractivity contribution >= 4 is 39.5 Å². The number of benzene rings is 2. The third kappa shape index (κ3) is 3.25. The van der Waals surface area contributed by atoms with Crippen LogP contribution in [0.15, 0.2) is 46.9 Å². The van der Waals surface area contributed by atoms with Crippen molar-refractivity contribution in [1.82, 2.24) is 9.97 Å². The molecule has 1 aliphatic heterocycles. The smallest absolute Gasteiger partial charge is 0.293 e. The van der Waals surface area contributed by atoms with Crippen molar-refractivity contribution in [2.75, 3.05) is 36.5 Å². The van der Waals surface area contributed by atoms with Crippen LogP contribution in [0.25, 0.3) is 22.1 Å². The summed E-state index contributed by atoms with van der Waals surface area (Å²) in [7, 11) is 0. The first-order valence-corrected chi connectivity index (χ1v) is 9.69. The first-order chi connectivity index (χ1) is 14.6. The van der Waals surface area contributed by atoms with Gasteiger partial charge in [-0.05, 0) is 42.8 Å². The van der Waals surface area contributed by atoms with Gasteiger partial charge in [0.1, 0.15) is 16.9 Å². The van der Waals surface area contributed by atoms with Crippen LogP contribution in [0, 0.1) is 12.7 Å². The number of ether oxygens (including phenoxy) is 1. The lowest BCUT2D eigenvalue weighted by molar-refractivity contribution is 0.101. The van der Waals surface area contributed by atoms with E-state index in [0.717, 1.165) is 5.39 Å². The molecule has 8 heteroatoms. The Morgan fingerprint density at radius 3 is 2.73 bits per heavy atom. The molecule has 1 saturated heterocycles. The Hall–Kier alpha value is -3.52. The van der Waals surface area contributed by atoms with E-state index in [9.17, 15) is 9.18 Å². The fourth-order valence-corrected chi connectivity index (χ4v) is 3.61. The van der Waals surface area contributed by atoms with E-state index in [1.54, 1.807) is 6.92 Å². The monoisotopic (exact) mass is 406 g/mol. The molecule has 5 rings (SSSR count). The first kappa shape index (κ1) is 18.5. The number of aromatic nitrogens is 2. The summed E-state index contributed by atoms with van der Waals surface area (Å²) in [6.07, 6.45) is 0. The van der Waals surface area contributed by atoms with Gasteiger partial charge in [0.05, 0.1) is 13.2 Å². The molecule has 1 N–H and O–H groups in total. The van der Waals surface area contributed by atoms with Gasteiger partial charge >= 0.3 is 0 Å².